The van der Waals surface area contributed by atoms with Crippen molar-refractivity contribution in [3.63, 3.8) is 0 Å². The number of aromatic nitrogens is 2. The molecule has 29 heavy (non-hydrogen) atoms. The van der Waals surface area contributed by atoms with Crippen LogP contribution < -0.4 is 16.0 Å². The maximum atomic E-state index is 12.6. The number of H-pyrrole nitrogens is 1. The summed E-state index contributed by atoms with van der Waals surface area (Å²) in [5.41, 5.74) is -0.304. The molecule has 0 aliphatic rings. The average molecular weight is 460 g/mol. The Bertz CT molecular complexity index is 1200. The normalized spacial score (nSPS) is 11.3. The van der Waals surface area contributed by atoms with Crippen molar-refractivity contribution in [2.75, 3.05) is 6.61 Å². The lowest BCUT2D eigenvalue weighted by Crippen LogP contribution is -2.32. The molecule has 0 bridgehead atoms. The Morgan fingerprint density at radius 2 is 2.00 bits per heavy atom. The predicted octanol–water partition coefficient (Wildman–Crippen LogP) is 2.66. The molecule has 3 rings (SSSR count). The number of rotatable bonds is 6. The highest BCUT2D eigenvalue weighted by Crippen LogP contribution is 2.22. The third kappa shape index (κ3) is 5.00. The molecule has 0 atom stereocenters. The second-order valence-corrected chi connectivity index (χ2v) is 7.26. The van der Waals surface area contributed by atoms with E-state index in [1.54, 1.807) is 56.3 Å². The van der Waals surface area contributed by atoms with Crippen molar-refractivity contribution in [3.8, 4) is 5.75 Å². The van der Waals surface area contributed by atoms with Gasteiger partial charge in [-0.3, -0.25) is 4.79 Å². The Labute approximate surface area is 173 Å². The second-order valence-electron chi connectivity index (χ2n) is 6.35. The highest BCUT2D eigenvalue weighted by Gasteiger charge is 2.10. The molecule has 0 aliphatic heterocycles. The first kappa shape index (κ1) is 20.5. The van der Waals surface area contributed by atoms with Gasteiger partial charge in [0.15, 0.2) is 6.61 Å². The van der Waals surface area contributed by atoms with E-state index in [1.807, 2.05) is 0 Å². The van der Waals surface area contributed by atoms with E-state index in [4.69, 9.17) is 9.47 Å². The molecule has 0 saturated carbocycles. The fraction of sp³-hybridized carbons (Fsp3) is 0.200. The maximum absolute atomic E-state index is 12.6. The van der Waals surface area contributed by atoms with Gasteiger partial charge in [-0.25, -0.2) is 9.59 Å². The largest absolute Gasteiger partial charge is 0.481 e. The number of benzene rings is 2. The lowest BCUT2D eigenvalue weighted by molar-refractivity contribution is -0.149. The Kier molecular flexibility index (Phi) is 6.28. The minimum Gasteiger partial charge on any atom is -0.481 e. The number of ether oxygens (including phenoxy) is 2. The van der Waals surface area contributed by atoms with Crippen LogP contribution in [-0.2, 0) is 9.53 Å². The molecule has 0 aliphatic carbocycles. The molecule has 150 valence electrons. The molecule has 3 aromatic rings. The summed E-state index contributed by atoms with van der Waals surface area (Å²) in [7, 11) is 0. The van der Waals surface area contributed by atoms with E-state index in [2.05, 4.69) is 26.0 Å². The lowest BCUT2D eigenvalue weighted by atomic mass is 10.2. The molecule has 8 nitrogen and oxygen atoms in total. The molecule has 1 N–H and O–H groups in total. The minimum atomic E-state index is -0.664. The number of carbonyl (C=O) groups excluding carboxylic acids is 1. The summed E-state index contributed by atoms with van der Waals surface area (Å²) < 4.78 is 12.0. The van der Waals surface area contributed by atoms with E-state index in [9.17, 15) is 14.4 Å². The molecule has 0 spiro atoms. The van der Waals surface area contributed by atoms with E-state index < -0.39 is 17.2 Å². The first-order valence-electron chi connectivity index (χ1n) is 8.75. The van der Waals surface area contributed by atoms with Crippen LogP contribution in [0.5, 0.6) is 5.75 Å². The predicted molar refractivity (Wildman–Crippen MR) is 113 cm³/mol. The van der Waals surface area contributed by atoms with Crippen LogP contribution in [0, 0.1) is 0 Å². The summed E-state index contributed by atoms with van der Waals surface area (Å²) in [6, 6.07) is 11.7. The number of hydrogen-bond donors (Lipinski definition) is 1. The molecular formula is C20H18BrN3O5. The van der Waals surface area contributed by atoms with Gasteiger partial charge in [0.05, 0.1) is 23.2 Å². The number of nitrogens with zero attached hydrogens (tertiary/aromatic N) is 2. The van der Waals surface area contributed by atoms with Crippen molar-refractivity contribution in [2.45, 2.75) is 20.0 Å². The van der Waals surface area contributed by atoms with Crippen LogP contribution in [0.2, 0.25) is 0 Å². The van der Waals surface area contributed by atoms with Gasteiger partial charge in [0, 0.05) is 10.0 Å². The molecule has 0 saturated heterocycles. The summed E-state index contributed by atoms with van der Waals surface area (Å²) in [5, 5.41) is 4.36. The Morgan fingerprint density at radius 3 is 2.76 bits per heavy atom. The van der Waals surface area contributed by atoms with Crippen molar-refractivity contribution < 1.29 is 14.3 Å². The number of esters is 1. The van der Waals surface area contributed by atoms with Gasteiger partial charge >= 0.3 is 11.7 Å². The van der Waals surface area contributed by atoms with Crippen LogP contribution in [0.4, 0.5) is 0 Å². The van der Waals surface area contributed by atoms with Gasteiger partial charge in [-0.1, -0.05) is 28.1 Å². The van der Waals surface area contributed by atoms with Crippen molar-refractivity contribution in [1.82, 2.24) is 9.66 Å². The van der Waals surface area contributed by atoms with Crippen LogP contribution in [-0.4, -0.2) is 34.6 Å². The van der Waals surface area contributed by atoms with Crippen LogP contribution in [0.1, 0.15) is 19.4 Å². The summed E-state index contributed by atoms with van der Waals surface area (Å²) in [6.45, 7) is 3.21. The van der Waals surface area contributed by atoms with E-state index >= 15 is 0 Å². The van der Waals surface area contributed by atoms with Gasteiger partial charge in [-0.2, -0.15) is 5.10 Å². The first-order chi connectivity index (χ1) is 13.8. The molecular weight excluding hydrogens is 442 g/mol. The van der Waals surface area contributed by atoms with Crippen LogP contribution in [0.3, 0.4) is 0 Å². The van der Waals surface area contributed by atoms with Crippen molar-refractivity contribution >= 4 is 39.0 Å². The number of fused-ring (bicyclic) bond motifs is 1. The summed E-state index contributed by atoms with van der Waals surface area (Å²) in [6.07, 6.45) is 1.07. The molecule has 1 heterocycles. The number of carbonyl (C=O) groups is 1. The first-order valence-corrected chi connectivity index (χ1v) is 9.54. The summed E-state index contributed by atoms with van der Waals surface area (Å²) in [5.74, 6) is -0.157. The summed E-state index contributed by atoms with van der Waals surface area (Å²) >= 11 is 3.35. The van der Waals surface area contributed by atoms with E-state index in [-0.39, 0.29) is 12.7 Å². The van der Waals surface area contributed by atoms with E-state index in [0.717, 1.165) is 9.15 Å². The monoisotopic (exact) mass is 459 g/mol. The lowest BCUT2D eigenvalue weighted by Gasteiger charge is -2.11. The zero-order valence-corrected chi connectivity index (χ0v) is 17.3. The minimum absolute atomic E-state index is 0.247. The van der Waals surface area contributed by atoms with Gasteiger partial charge in [-0.05, 0) is 44.2 Å². The highest BCUT2D eigenvalue weighted by molar-refractivity contribution is 9.10. The van der Waals surface area contributed by atoms with E-state index in [1.165, 1.54) is 6.21 Å². The zero-order chi connectivity index (χ0) is 21.0. The molecule has 9 heteroatoms. The van der Waals surface area contributed by atoms with Gasteiger partial charge in [0.25, 0.3) is 5.56 Å². The third-order valence-electron chi connectivity index (χ3n) is 3.78. The number of para-hydroxylation sites is 1. The van der Waals surface area contributed by atoms with Crippen molar-refractivity contribution in [2.24, 2.45) is 5.10 Å². The Hall–Kier alpha value is -3.20. The SMILES string of the molecule is CC(C)OC(=O)COc1ccc(Br)cc1C=Nn1c(=O)[nH]c2ccccc2c1=O. The fourth-order valence-electron chi connectivity index (χ4n) is 2.56. The van der Waals surface area contributed by atoms with Crippen LogP contribution in [0.25, 0.3) is 10.9 Å². The Morgan fingerprint density at radius 1 is 1.24 bits per heavy atom. The number of aromatic amines is 1. The molecule has 1 aromatic heterocycles. The number of halogens is 1. The molecule has 0 fully saturated rings. The van der Waals surface area contributed by atoms with Crippen LogP contribution >= 0.6 is 15.9 Å². The third-order valence-corrected chi connectivity index (χ3v) is 4.27. The van der Waals surface area contributed by atoms with Gasteiger partial charge in [-0.15, -0.1) is 4.68 Å². The number of nitrogens with one attached hydrogen (secondary N) is 1. The average Bonchev–Trinajstić information content (AvgIpc) is 2.66. The molecule has 0 radical (unpaired) electrons. The summed E-state index contributed by atoms with van der Waals surface area (Å²) in [4.78, 5) is 39.1. The van der Waals surface area contributed by atoms with Crippen molar-refractivity contribution in [3.05, 3.63) is 73.3 Å². The zero-order valence-electron chi connectivity index (χ0n) is 15.7. The fourth-order valence-corrected chi connectivity index (χ4v) is 2.94. The molecule has 2 aromatic carbocycles. The maximum Gasteiger partial charge on any atom is 0.349 e. The smallest absolute Gasteiger partial charge is 0.349 e. The number of hydrogen-bond acceptors (Lipinski definition) is 6. The molecule has 0 amide bonds. The van der Waals surface area contributed by atoms with Crippen molar-refractivity contribution in [1.29, 1.82) is 0 Å². The standard InChI is InChI=1S/C20H18BrN3O5/c1-12(2)29-18(25)11-28-17-8-7-14(21)9-13(17)10-22-24-19(26)15-5-3-4-6-16(15)23-20(24)27/h3-10,12H,11H2,1-2H3,(H,23,27). The highest BCUT2D eigenvalue weighted by atomic mass is 79.9. The van der Waals surface area contributed by atoms with Gasteiger partial charge in [0.2, 0.25) is 0 Å². The molecule has 0 unspecified atom stereocenters. The quantitative estimate of drug-likeness (QED) is 0.450. The second kappa shape index (κ2) is 8.87. The van der Waals surface area contributed by atoms with Crippen LogP contribution in [0.15, 0.2) is 61.6 Å². The Balaban J connectivity index is 1.92. The van der Waals surface area contributed by atoms with Gasteiger partial charge in [0.1, 0.15) is 5.75 Å². The topological polar surface area (TPSA) is 103 Å². The van der Waals surface area contributed by atoms with E-state index in [0.29, 0.717) is 22.2 Å². The van der Waals surface area contributed by atoms with Gasteiger partial charge < -0.3 is 14.5 Å².